The lowest BCUT2D eigenvalue weighted by molar-refractivity contribution is 1.39. The van der Waals surface area contributed by atoms with Crippen LogP contribution in [0.3, 0.4) is 0 Å². The van der Waals surface area contributed by atoms with E-state index in [9.17, 15) is 0 Å². The minimum Gasteiger partial charge on any atom is -0.0617 e. The van der Waals surface area contributed by atoms with Crippen LogP contribution in [0.2, 0.25) is 0 Å². The first-order chi connectivity index (χ1) is 6.25. The molecule has 0 aliphatic rings. The molecule has 0 heteroatoms. The Morgan fingerprint density at radius 2 is 2.50 bits per heavy atom. The fourth-order valence-corrected chi connectivity index (χ4v) is 0.486. The zero-order valence-corrected chi connectivity index (χ0v) is 4.58. The van der Waals surface area contributed by atoms with Crippen LogP contribution in [-0.4, -0.2) is 0 Å². The monoisotopic (exact) mass is 112 g/mol. The van der Waals surface area contributed by atoms with Gasteiger partial charge in [-0.2, -0.15) is 0 Å². The molecular weight excluding hydrogens is 96.1 g/mol. The standard InChI is InChI=1S/C8H10/c1-7-4-3-5-8(2)6-7/h3-6H,1-2H3/i1D3,3D,5D,6D. The average molecular weight is 112 g/mol. The van der Waals surface area contributed by atoms with Crippen molar-refractivity contribution in [1.82, 2.24) is 0 Å². The molecule has 1 rings (SSSR count). The van der Waals surface area contributed by atoms with Crippen molar-refractivity contribution in [2.45, 2.75) is 13.8 Å². The van der Waals surface area contributed by atoms with E-state index >= 15 is 0 Å². The van der Waals surface area contributed by atoms with Crippen LogP contribution < -0.4 is 0 Å². The van der Waals surface area contributed by atoms with Gasteiger partial charge in [-0.1, -0.05) is 35.3 Å². The lowest BCUT2D eigenvalue weighted by atomic mass is 10.2. The van der Waals surface area contributed by atoms with E-state index in [4.69, 9.17) is 8.22 Å². The van der Waals surface area contributed by atoms with Gasteiger partial charge in [-0.3, -0.25) is 0 Å². The third kappa shape index (κ3) is 1.09. The number of benzene rings is 1. The minimum absolute atomic E-state index is 0.0806. The lowest BCUT2D eigenvalue weighted by Crippen LogP contribution is -1.71. The summed E-state index contributed by atoms with van der Waals surface area (Å²) in [5, 5.41) is 0. The molecule has 0 aliphatic heterocycles. The summed E-state index contributed by atoms with van der Waals surface area (Å²) in [5.74, 6) is 0. The highest BCUT2D eigenvalue weighted by Crippen LogP contribution is 2.00. The first-order valence-corrected chi connectivity index (χ1v) is 2.33. The summed E-state index contributed by atoms with van der Waals surface area (Å²) in [6, 6.07) is 0.684. The molecular formula is C8H10. The molecule has 0 heterocycles. The van der Waals surface area contributed by atoms with Gasteiger partial charge in [0.1, 0.15) is 0 Å². The van der Waals surface area contributed by atoms with Gasteiger partial charge in [0.25, 0.3) is 0 Å². The van der Waals surface area contributed by atoms with Crippen LogP contribution in [0.4, 0.5) is 0 Å². The quantitative estimate of drug-likeness (QED) is 0.483. The molecule has 0 unspecified atom stereocenters. The summed E-state index contributed by atoms with van der Waals surface area (Å²) in [6.45, 7) is -0.900. The predicted octanol–water partition coefficient (Wildman–Crippen LogP) is 2.30. The van der Waals surface area contributed by atoms with Crippen molar-refractivity contribution in [3.63, 3.8) is 0 Å². The minimum atomic E-state index is -2.38. The van der Waals surface area contributed by atoms with Gasteiger partial charge in [0, 0.05) is 4.11 Å². The van der Waals surface area contributed by atoms with E-state index in [1.54, 1.807) is 0 Å². The van der Waals surface area contributed by atoms with Crippen LogP contribution >= 0.6 is 0 Å². The number of aryl methyl sites for hydroxylation is 1. The van der Waals surface area contributed by atoms with Gasteiger partial charge in [0.15, 0.2) is 0 Å². The maximum atomic E-state index is 7.53. The van der Waals surface area contributed by atoms with Gasteiger partial charge in [-0.25, -0.2) is 0 Å². The second-order valence-corrected chi connectivity index (χ2v) is 1.58. The van der Waals surface area contributed by atoms with E-state index in [2.05, 4.69) is 0 Å². The second-order valence-electron chi connectivity index (χ2n) is 1.58. The molecule has 1 aromatic rings. The molecule has 0 fully saturated rings. The molecule has 0 atom stereocenters. The molecule has 0 saturated heterocycles. The number of hydrogen-bond donors (Lipinski definition) is 0. The van der Waals surface area contributed by atoms with E-state index in [0.29, 0.717) is 0 Å². The maximum absolute atomic E-state index is 7.53. The normalized spacial score (nSPS) is 21.6. The van der Waals surface area contributed by atoms with Gasteiger partial charge < -0.3 is 0 Å². The molecule has 0 spiro atoms. The third-order valence-electron chi connectivity index (χ3n) is 0.798. The molecule has 42 valence electrons. The Morgan fingerprint density at radius 3 is 3.25 bits per heavy atom. The van der Waals surface area contributed by atoms with Crippen molar-refractivity contribution in [1.29, 1.82) is 0 Å². The zero-order valence-electron chi connectivity index (χ0n) is 10.6. The van der Waals surface area contributed by atoms with Gasteiger partial charge in [0.05, 0.1) is 4.11 Å². The summed E-state index contributed by atoms with van der Waals surface area (Å²) in [4.78, 5) is 0. The number of rotatable bonds is 0. The molecule has 1 aromatic carbocycles. The first kappa shape index (κ1) is 1.60. The Balaban J connectivity index is 3.49. The first-order valence-electron chi connectivity index (χ1n) is 5.33. The Bertz CT molecular complexity index is 365. The molecule has 8 heavy (non-hydrogen) atoms. The van der Waals surface area contributed by atoms with Crippen molar-refractivity contribution in [2.75, 3.05) is 0 Å². The van der Waals surface area contributed by atoms with Crippen LogP contribution in [0.25, 0.3) is 0 Å². The zero-order chi connectivity index (χ0) is 11.1. The molecule has 0 amide bonds. The summed E-state index contributed by atoms with van der Waals surface area (Å²) < 4.78 is 43.7. The summed E-state index contributed by atoms with van der Waals surface area (Å²) in [6.07, 6.45) is 0. The summed E-state index contributed by atoms with van der Waals surface area (Å²) in [7, 11) is 0. The van der Waals surface area contributed by atoms with Crippen molar-refractivity contribution in [2.24, 2.45) is 0 Å². The lowest BCUT2D eigenvalue weighted by Gasteiger charge is -1.90. The molecule has 0 N–H and O–H groups in total. The highest BCUT2D eigenvalue weighted by Gasteiger charge is 1.80. The SMILES string of the molecule is [2H]c1cc(C([2H])([2H])[2H])c([2H])c(C)c1[2H]. The average Bonchev–Trinajstić information content (AvgIpc) is 2.06. The predicted molar refractivity (Wildman–Crippen MR) is 35.9 cm³/mol. The number of hydrogen-bond acceptors (Lipinski definition) is 0. The van der Waals surface area contributed by atoms with E-state index in [1.807, 2.05) is 0 Å². The van der Waals surface area contributed by atoms with E-state index in [1.165, 1.54) is 6.92 Å². The molecule has 0 radical (unpaired) electrons. The molecule has 0 aliphatic carbocycles. The second kappa shape index (κ2) is 1.99. The Labute approximate surface area is 58.6 Å². The van der Waals surface area contributed by atoms with E-state index in [-0.39, 0.29) is 29.3 Å². The van der Waals surface area contributed by atoms with Crippen molar-refractivity contribution in [3.05, 3.63) is 35.3 Å². The fraction of sp³-hybridized carbons (Fsp3) is 0.250. The van der Waals surface area contributed by atoms with Crippen LogP contribution in [0.15, 0.2) is 24.2 Å². The smallest absolute Gasteiger partial charge is 0.0617 e. The van der Waals surface area contributed by atoms with E-state index < -0.39 is 6.85 Å². The fourth-order valence-electron chi connectivity index (χ4n) is 0.486. The van der Waals surface area contributed by atoms with Gasteiger partial charge in [-0.15, -0.1) is 0 Å². The molecule has 0 bridgehead atoms. The van der Waals surface area contributed by atoms with Crippen molar-refractivity contribution < 1.29 is 8.22 Å². The summed E-state index contributed by atoms with van der Waals surface area (Å²) in [5.41, 5.74) is 0.0830. The molecule has 0 aromatic heterocycles. The van der Waals surface area contributed by atoms with Gasteiger partial charge in [0.2, 0.25) is 0 Å². The molecule has 0 saturated carbocycles. The highest BCUT2D eigenvalue weighted by atomic mass is 13.9. The Morgan fingerprint density at radius 1 is 1.62 bits per heavy atom. The van der Waals surface area contributed by atoms with Crippen LogP contribution in [0.5, 0.6) is 0 Å². The Kier molecular flexibility index (Phi) is 0.398. The van der Waals surface area contributed by atoms with Gasteiger partial charge in [-0.05, 0) is 13.8 Å². The maximum Gasteiger partial charge on any atom is 0.0628 e. The molecule has 0 nitrogen and oxygen atoms in total. The summed E-state index contributed by atoms with van der Waals surface area (Å²) >= 11 is 0. The Hall–Kier alpha value is -0.780. The van der Waals surface area contributed by atoms with Crippen LogP contribution in [-0.2, 0) is 0 Å². The van der Waals surface area contributed by atoms with Crippen LogP contribution in [0.1, 0.15) is 19.4 Å². The highest BCUT2D eigenvalue weighted by molar-refractivity contribution is 5.20. The topological polar surface area (TPSA) is 0 Å². The largest absolute Gasteiger partial charge is 0.0628 e. The van der Waals surface area contributed by atoms with Crippen molar-refractivity contribution >= 4 is 0 Å². The van der Waals surface area contributed by atoms with Crippen LogP contribution in [0, 0.1) is 13.8 Å². The van der Waals surface area contributed by atoms with E-state index in [0.717, 1.165) is 6.07 Å². The third-order valence-corrected chi connectivity index (χ3v) is 0.798. The van der Waals surface area contributed by atoms with Crippen molar-refractivity contribution in [3.8, 4) is 0 Å². The van der Waals surface area contributed by atoms with Gasteiger partial charge >= 0.3 is 0 Å².